The first kappa shape index (κ1) is 16.5. The molecular weight excluding hydrogens is 299 g/mol. The van der Waals surface area contributed by atoms with E-state index in [-0.39, 0.29) is 12.4 Å². The van der Waals surface area contributed by atoms with E-state index in [1.165, 1.54) is 25.3 Å². The number of methoxy groups -OCH3 is 1. The maximum atomic E-state index is 13.2. The van der Waals surface area contributed by atoms with Crippen LogP contribution in [0.25, 0.3) is 0 Å². The normalized spacial score (nSPS) is 10.0. The number of rotatable bonds is 4. The van der Waals surface area contributed by atoms with E-state index in [4.69, 9.17) is 0 Å². The van der Waals surface area contributed by atoms with E-state index in [9.17, 15) is 14.0 Å². The molecule has 6 heteroatoms. The van der Waals surface area contributed by atoms with E-state index in [0.29, 0.717) is 16.8 Å². The highest BCUT2D eigenvalue weighted by Crippen LogP contribution is 2.12. The second-order valence-electron chi connectivity index (χ2n) is 4.95. The summed E-state index contributed by atoms with van der Waals surface area (Å²) < 4.78 is 17.8. The minimum atomic E-state index is -0.482. The Morgan fingerprint density at radius 1 is 1.17 bits per heavy atom. The van der Waals surface area contributed by atoms with E-state index in [1.807, 2.05) is 6.92 Å². The predicted octanol–water partition coefficient (Wildman–Crippen LogP) is 3.24. The van der Waals surface area contributed by atoms with E-state index < -0.39 is 12.0 Å². The number of halogens is 1. The lowest BCUT2D eigenvalue weighted by Crippen LogP contribution is -2.28. The van der Waals surface area contributed by atoms with Crippen LogP contribution in [0.2, 0.25) is 0 Å². The lowest BCUT2D eigenvalue weighted by atomic mass is 10.1. The van der Waals surface area contributed by atoms with Crippen molar-refractivity contribution >= 4 is 17.7 Å². The standard InChI is InChI=1S/C17H17FN2O3/c1-11-6-7-14(18)8-13(11)10-19-17(22)20-15-5-3-4-12(9-15)16(21)23-2/h3-9H,10H2,1-2H3,(H2,19,20,22). The molecule has 0 aliphatic rings. The van der Waals surface area contributed by atoms with Crippen molar-refractivity contribution in [3.8, 4) is 0 Å². The molecule has 0 bridgehead atoms. The molecule has 2 aromatic rings. The SMILES string of the molecule is COC(=O)c1cccc(NC(=O)NCc2cc(F)ccc2C)c1. The van der Waals surface area contributed by atoms with Crippen LogP contribution in [0.3, 0.4) is 0 Å². The Hall–Kier alpha value is -2.89. The summed E-state index contributed by atoms with van der Waals surface area (Å²) in [4.78, 5) is 23.3. The maximum Gasteiger partial charge on any atom is 0.337 e. The molecule has 0 heterocycles. The number of aryl methyl sites for hydroxylation is 1. The summed E-state index contributed by atoms with van der Waals surface area (Å²) >= 11 is 0. The van der Waals surface area contributed by atoms with Crippen LogP contribution in [0, 0.1) is 12.7 Å². The predicted molar refractivity (Wildman–Crippen MR) is 84.8 cm³/mol. The molecule has 23 heavy (non-hydrogen) atoms. The van der Waals surface area contributed by atoms with Crippen LogP contribution in [0.15, 0.2) is 42.5 Å². The van der Waals surface area contributed by atoms with Crippen LogP contribution >= 0.6 is 0 Å². The van der Waals surface area contributed by atoms with E-state index in [2.05, 4.69) is 15.4 Å². The molecule has 120 valence electrons. The van der Waals surface area contributed by atoms with Crippen molar-refractivity contribution < 1.29 is 18.7 Å². The molecule has 2 N–H and O–H groups in total. The highest BCUT2D eigenvalue weighted by molar-refractivity contribution is 5.93. The van der Waals surface area contributed by atoms with Gasteiger partial charge in [-0.25, -0.2) is 14.0 Å². The Morgan fingerprint density at radius 2 is 1.96 bits per heavy atom. The van der Waals surface area contributed by atoms with Crippen molar-refractivity contribution in [1.82, 2.24) is 5.32 Å². The highest BCUT2D eigenvalue weighted by Gasteiger charge is 2.08. The van der Waals surface area contributed by atoms with Gasteiger partial charge in [-0.05, 0) is 48.4 Å². The van der Waals surface area contributed by atoms with Gasteiger partial charge >= 0.3 is 12.0 Å². The van der Waals surface area contributed by atoms with E-state index >= 15 is 0 Å². The van der Waals surface area contributed by atoms with Crippen molar-refractivity contribution in [2.75, 3.05) is 12.4 Å². The number of nitrogens with one attached hydrogen (secondary N) is 2. The van der Waals surface area contributed by atoms with Crippen molar-refractivity contribution in [1.29, 1.82) is 0 Å². The number of urea groups is 1. The largest absolute Gasteiger partial charge is 0.465 e. The number of benzene rings is 2. The summed E-state index contributed by atoms with van der Waals surface area (Å²) in [6.45, 7) is 2.04. The topological polar surface area (TPSA) is 67.4 Å². The van der Waals surface area contributed by atoms with Crippen LogP contribution in [-0.4, -0.2) is 19.1 Å². The van der Waals surface area contributed by atoms with Gasteiger partial charge in [0, 0.05) is 12.2 Å². The number of esters is 1. The van der Waals surface area contributed by atoms with Crippen molar-refractivity contribution in [3.63, 3.8) is 0 Å². The second kappa shape index (κ2) is 7.40. The van der Waals surface area contributed by atoms with Gasteiger partial charge in [-0.2, -0.15) is 0 Å². The zero-order chi connectivity index (χ0) is 16.8. The summed E-state index contributed by atoms with van der Waals surface area (Å²) in [5.74, 6) is -0.831. The van der Waals surface area contributed by atoms with Gasteiger partial charge in [-0.1, -0.05) is 12.1 Å². The molecule has 0 saturated carbocycles. The Morgan fingerprint density at radius 3 is 2.70 bits per heavy atom. The first-order chi connectivity index (χ1) is 11.0. The van der Waals surface area contributed by atoms with Crippen LogP contribution in [0.5, 0.6) is 0 Å². The van der Waals surface area contributed by atoms with E-state index in [1.54, 1.807) is 24.3 Å². The summed E-state index contributed by atoms with van der Waals surface area (Å²) in [5.41, 5.74) is 2.38. The fraction of sp³-hybridized carbons (Fsp3) is 0.176. The molecule has 5 nitrogen and oxygen atoms in total. The van der Waals surface area contributed by atoms with Crippen LogP contribution in [-0.2, 0) is 11.3 Å². The molecule has 0 atom stereocenters. The van der Waals surface area contributed by atoms with Crippen molar-refractivity contribution in [2.24, 2.45) is 0 Å². The fourth-order valence-corrected chi connectivity index (χ4v) is 2.02. The molecule has 0 unspecified atom stereocenters. The van der Waals surface area contributed by atoms with Gasteiger partial charge in [-0.15, -0.1) is 0 Å². The van der Waals surface area contributed by atoms with Gasteiger partial charge in [0.05, 0.1) is 12.7 Å². The molecule has 0 aliphatic heterocycles. The third kappa shape index (κ3) is 4.54. The second-order valence-corrected chi connectivity index (χ2v) is 4.95. The summed E-state index contributed by atoms with van der Waals surface area (Å²) in [7, 11) is 1.29. The third-order valence-corrected chi connectivity index (χ3v) is 3.29. The van der Waals surface area contributed by atoms with Crippen LogP contribution in [0.1, 0.15) is 21.5 Å². The van der Waals surface area contributed by atoms with Crippen molar-refractivity contribution in [3.05, 3.63) is 65.0 Å². The smallest absolute Gasteiger partial charge is 0.337 e. The number of ether oxygens (including phenoxy) is 1. The van der Waals surface area contributed by atoms with Gasteiger partial charge in [0.1, 0.15) is 5.82 Å². The van der Waals surface area contributed by atoms with Gasteiger partial charge in [-0.3, -0.25) is 0 Å². The Labute approximate surface area is 133 Å². The number of carbonyl (C=O) groups excluding carboxylic acids is 2. The van der Waals surface area contributed by atoms with Gasteiger partial charge in [0.2, 0.25) is 0 Å². The molecule has 2 amide bonds. The molecule has 0 saturated heterocycles. The summed E-state index contributed by atoms with van der Waals surface area (Å²) in [5, 5.41) is 5.26. The molecule has 0 radical (unpaired) electrons. The fourth-order valence-electron chi connectivity index (χ4n) is 2.02. The Balaban J connectivity index is 1.97. The number of carbonyl (C=O) groups is 2. The Bertz CT molecular complexity index is 732. The van der Waals surface area contributed by atoms with Gasteiger partial charge < -0.3 is 15.4 Å². The average molecular weight is 316 g/mol. The minimum Gasteiger partial charge on any atom is -0.465 e. The first-order valence-corrected chi connectivity index (χ1v) is 6.98. The number of anilines is 1. The number of hydrogen-bond donors (Lipinski definition) is 2. The Kier molecular flexibility index (Phi) is 5.30. The monoisotopic (exact) mass is 316 g/mol. The number of hydrogen-bond acceptors (Lipinski definition) is 3. The minimum absolute atomic E-state index is 0.201. The highest BCUT2D eigenvalue weighted by atomic mass is 19.1. The molecule has 0 spiro atoms. The van der Waals surface area contributed by atoms with Crippen LogP contribution in [0.4, 0.5) is 14.9 Å². The zero-order valence-corrected chi connectivity index (χ0v) is 12.9. The van der Waals surface area contributed by atoms with Gasteiger partial charge in [0.15, 0.2) is 0 Å². The van der Waals surface area contributed by atoms with Gasteiger partial charge in [0.25, 0.3) is 0 Å². The lowest BCUT2D eigenvalue weighted by molar-refractivity contribution is 0.0600. The van der Waals surface area contributed by atoms with Crippen molar-refractivity contribution in [2.45, 2.75) is 13.5 Å². The molecular formula is C17H17FN2O3. The molecule has 0 fully saturated rings. The van der Waals surface area contributed by atoms with Crippen LogP contribution < -0.4 is 10.6 Å². The quantitative estimate of drug-likeness (QED) is 0.851. The average Bonchev–Trinajstić information content (AvgIpc) is 2.55. The molecule has 2 rings (SSSR count). The third-order valence-electron chi connectivity index (χ3n) is 3.29. The number of amides is 2. The molecule has 2 aromatic carbocycles. The summed E-state index contributed by atoms with van der Waals surface area (Å²) in [6, 6.07) is 10.4. The molecule has 0 aromatic heterocycles. The van der Waals surface area contributed by atoms with E-state index in [0.717, 1.165) is 5.56 Å². The first-order valence-electron chi connectivity index (χ1n) is 6.98. The maximum absolute atomic E-state index is 13.2. The lowest BCUT2D eigenvalue weighted by Gasteiger charge is -2.10. The molecule has 0 aliphatic carbocycles. The zero-order valence-electron chi connectivity index (χ0n) is 12.9. The summed E-state index contributed by atoms with van der Waals surface area (Å²) in [6.07, 6.45) is 0.